The first-order valence-corrected chi connectivity index (χ1v) is 5.16. The van der Waals surface area contributed by atoms with Crippen LogP contribution in [0.2, 0.25) is 0 Å². The minimum Gasteiger partial charge on any atom is -0.253 e. The van der Waals surface area contributed by atoms with E-state index in [1.165, 1.54) is 32.4 Å². The summed E-state index contributed by atoms with van der Waals surface area (Å²) in [7, 11) is 0. The van der Waals surface area contributed by atoms with Gasteiger partial charge in [-0.2, -0.15) is 0 Å². The lowest BCUT2D eigenvalue weighted by molar-refractivity contribution is 0.288. The van der Waals surface area contributed by atoms with Gasteiger partial charge >= 0.3 is 0 Å². The van der Waals surface area contributed by atoms with E-state index in [1.807, 2.05) is 13.8 Å². The lowest BCUT2D eigenvalue weighted by Gasteiger charge is -2.26. The molecule has 0 aromatic rings. The van der Waals surface area contributed by atoms with E-state index in [9.17, 15) is 0 Å². The maximum absolute atomic E-state index is 4.27. The summed E-state index contributed by atoms with van der Waals surface area (Å²) >= 11 is 4.27. The zero-order valence-electron chi connectivity index (χ0n) is 8.01. The smallest absolute Gasteiger partial charge is 0.00896 e. The molecule has 1 rings (SSSR count). The fourth-order valence-electron chi connectivity index (χ4n) is 1.33. The van der Waals surface area contributed by atoms with Gasteiger partial charge < -0.3 is 0 Å². The highest BCUT2D eigenvalue weighted by Crippen LogP contribution is 2.20. The average molecular weight is 175 g/mol. The summed E-state index contributed by atoms with van der Waals surface area (Å²) in [6.07, 6.45) is 4.04. The van der Waals surface area contributed by atoms with Crippen molar-refractivity contribution in [3.05, 3.63) is 0 Å². The monoisotopic (exact) mass is 175 g/mol. The van der Waals surface area contributed by atoms with Crippen LogP contribution in [0.1, 0.15) is 40.0 Å². The first-order chi connectivity index (χ1) is 5.33. The molecule has 0 spiro atoms. The van der Waals surface area contributed by atoms with Crippen molar-refractivity contribution in [1.29, 1.82) is 0 Å². The number of rotatable bonds is 1. The molecule has 0 aromatic carbocycles. The van der Waals surface area contributed by atoms with E-state index in [4.69, 9.17) is 0 Å². The van der Waals surface area contributed by atoms with Crippen LogP contribution in [0.3, 0.4) is 0 Å². The van der Waals surface area contributed by atoms with Crippen LogP contribution in [0.5, 0.6) is 0 Å². The van der Waals surface area contributed by atoms with E-state index < -0.39 is 0 Å². The van der Waals surface area contributed by atoms with Gasteiger partial charge in [-0.05, 0) is 18.8 Å². The molecule has 0 bridgehead atoms. The van der Waals surface area contributed by atoms with E-state index >= 15 is 0 Å². The summed E-state index contributed by atoms with van der Waals surface area (Å²) < 4.78 is 2.12. The molecule has 11 heavy (non-hydrogen) atoms. The number of nitrogens with zero attached hydrogens (tertiary/aromatic N) is 1. The summed E-state index contributed by atoms with van der Waals surface area (Å²) in [6, 6.07) is 0. The molecule has 1 heterocycles. The third kappa shape index (κ3) is 4.70. The SMILES string of the molecule is CC.CCC1CCN(S)CC1. The molecule has 1 aliphatic rings. The summed E-state index contributed by atoms with van der Waals surface area (Å²) in [6.45, 7) is 8.64. The highest BCUT2D eigenvalue weighted by Gasteiger charge is 2.14. The van der Waals surface area contributed by atoms with Crippen LogP contribution < -0.4 is 0 Å². The Morgan fingerprint density at radius 3 is 2.09 bits per heavy atom. The Morgan fingerprint density at radius 2 is 1.73 bits per heavy atom. The van der Waals surface area contributed by atoms with E-state index in [1.54, 1.807) is 0 Å². The van der Waals surface area contributed by atoms with Crippen molar-refractivity contribution < 1.29 is 0 Å². The summed E-state index contributed by atoms with van der Waals surface area (Å²) in [4.78, 5) is 0. The fraction of sp³-hybridized carbons (Fsp3) is 1.00. The molecule has 2 heteroatoms. The zero-order valence-corrected chi connectivity index (χ0v) is 8.90. The predicted octanol–water partition coefficient (Wildman–Crippen LogP) is 2.98. The second-order valence-electron chi connectivity index (χ2n) is 2.81. The van der Waals surface area contributed by atoms with E-state index in [2.05, 4.69) is 24.0 Å². The maximum Gasteiger partial charge on any atom is 0.00896 e. The maximum atomic E-state index is 4.27. The van der Waals surface area contributed by atoms with Gasteiger partial charge in [0.25, 0.3) is 0 Å². The van der Waals surface area contributed by atoms with E-state index in [-0.39, 0.29) is 0 Å². The molecule has 0 amide bonds. The minimum atomic E-state index is 0.980. The lowest BCUT2D eigenvalue weighted by atomic mass is 9.96. The topological polar surface area (TPSA) is 3.24 Å². The van der Waals surface area contributed by atoms with Gasteiger partial charge in [-0.25, -0.2) is 0 Å². The Hall–Kier alpha value is 0.310. The van der Waals surface area contributed by atoms with E-state index in [0.29, 0.717) is 0 Å². The molecule has 0 radical (unpaired) electrons. The highest BCUT2D eigenvalue weighted by atomic mass is 32.1. The molecule has 1 aliphatic heterocycles. The second kappa shape index (κ2) is 6.99. The molecule has 1 nitrogen and oxygen atoms in total. The minimum absolute atomic E-state index is 0.980. The molecule has 68 valence electrons. The van der Waals surface area contributed by atoms with Crippen LogP contribution in [-0.4, -0.2) is 17.4 Å². The molecule has 0 atom stereocenters. The zero-order chi connectivity index (χ0) is 8.69. The van der Waals surface area contributed by atoms with Gasteiger partial charge in [0.2, 0.25) is 0 Å². The molecule has 0 N–H and O–H groups in total. The predicted molar refractivity (Wildman–Crippen MR) is 54.9 cm³/mol. The molecule has 0 aliphatic carbocycles. The summed E-state index contributed by atoms with van der Waals surface area (Å²) in [5.41, 5.74) is 0. The summed E-state index contributed by atoms with van der Waals surface area (Å²) in [5.74, 6) is 0.980. The van der Waals surface area contributed by atoms with Crippen molar-refractivity contribution in [2.45, 2.75) is 40.0 Å². The number of hydrogen-bond acceptors (Lipinski definition) is 2. The average Bonchev–Trinajstić information content (AvgIpc) is 2.10. The third-order valence-corrected chi connectivity index (χ3v) is 2.57. The van der Waals surface area contributed by atoms with Gasteiger partial charge in [-0.15, -0.1) is 0 Å². The normalized spacial score (nSPS) is 20.7. The number of piperidine rings is 1. The molecular formula is C9H21NS. The molecule has 1 fully saturated rings. The van der Waals surface area contributed by atoms with Crippen LogP contribution >= 0.6 is 12.8 Å². The van der Waals surface area contributed by atoms with E-state index in [0.717, 1.165) is 5.92 Å². The van der Waals surface area contributed by atoms with Gasteiger partial charge in [-0.1, -0.05) is 40.0 Å². The molecular weight excluding hydrogens is 154 g/mol. The number of thiol groups is 1. The van der Waals surface area contributed by atoms with Gasteiger partial charge in [-0.3, -0.25) is 4.31 Å². The molecule has 1 saturated heterocycles. The lowest BCUT2D eigenvalue weighted by Crippen LogP contribution is -2.25. The molecule has 0 saturated carbocycles. The van der Waals surface area contributed by atoms with Crippen LogP contribution in [0.4, 0.5) is 0 Å². The quantitative estimate of drug-likeness (QED) is 0.600. The van der Waals surface area contributed by atoms with Gasteiger partial charge in [0, 0.05) is 13.1 Å². The van der Waals surface area contributed by atoms with Crippen LogP contribution in [0.15, 0.2) is 0 Å². The van der Waals surface area contributed by atoms with Crippen LogP contribution in [-0.2, 0) is 0 Å². The van der Waals surface area contributed by atoms with Crippen molar-refractivity contribution in [2.24, 2.45) is 5.92 Å². The van der Waals surface area contributed by atoms with Crippen molar-refractivity contribution in [1.82, 2.24) is 4.31 Å². The Morgan fingerprint density at radius 1 is 1.27 bits per heavy atom. The summed E-state index contributed by atoms with van der Waals surface area (Å²) in [5, 5.41) is 0. The fourth-order valence-corrected chi connectivity index (χ4v) is 1.56. The van der Waals surface area contributed by atoms with Crippen molar-refractivity contribution in [2.75, 3.05) is 13.1 Å². The number of hydrogen-bond donors (Lipinski definition) is 1. The largest absolute Gasteiger partial charge is 0.253 e. The van der Waals surface area contributed by atoms with Gasteiger partial charge in [0.05, 0.1) is 0 Å². The molecule has 0 unspecified atom stereocenters. The molecule has 0 aromatic heterocycles. The standard InChI is InChI=1S/C7H15NS.C2H6/c1-2-7-3-5-8(9)6-4-7;1-2/h7,9H,2-6H2,1H3;1-2H3. The Balaban J connectivity index is 0.000000461. The van der Waals surface area contributed by atoms with Gasteiger partial charge in [0.15, 0.2) is 0 Å². The Bertz CT molecular complexity index is 77.6. The first kappa shape index (κ1) is 11.3. The first-order valence-electron chi connectivity index (χ1n) is 4.76. The highest BCUT2D eigenvalue weighted by molar-refractivity contribution is 7.77. The van der Waals surface area contributed by atoms with Crippen LogP contribution in [0.25, 0.3) is 0 Å². The van der Waals surface area contributed by atoms with Gasteiger partial charge in [0.1, 0.15) is 0 Å². The Labute approximate surface area is 76.7 Å². The van der Waals surface area contributed by atoms with Crippen molar-refractivity contribution in [3.63, 3.8) is 0 Å². The second-order valence-corrected chi connectivity index (χ2v) is 3.37. The van der Waals surface area contributed by atoms with Crippen LogP contribution in [0, 0.1) is 5.92 Å². The Kier molecular flexibility index (Phi) is 7.18. The third-order valence-electron chi connectivity index (χ3n) is 2.17. The van der Waals surface area contributed by atoms with Crippen molar-refractivity contribution in [3.8, 4) is 0 Å². The van der Waals surface area contributed by atoms with Crippen molar-refractivity contribution >= 4 is 12.8 Å².